The Kier molecular flexibility index (Phi) is 2.96. The number of hydrogen-bond donors (Lipinski definition) is 3. The highest BCUT2D eigenvalue weighted by atomic mass is 35.5. The van der Waals surface area contributed by atoms with Crippen LogP contribution in [0.3, 0.4) is 0 Å². The molecule has 3 rings (SSSR count). The number of primary amides is 1. The number of rotatable bonds is 3. The first-order valence-corrected chi connectivity index (χ1v) is 6.05. The predicted octanol–water partition coefficient (Wildman–Crippen LogP) is 1.85. The number of nitrogens with one attached hydrogen (secondary N) is 2. The fraction of sp³-hybridized carbons (Fsp3) is 0. The maximum Gasteiger partial charge on any atom is 0.270 e. The molecule has 0 saturated carbocycles. The van der Waals surface area contributed by atoms with Crippen molar-refractivity contribution < 1.29 is 4.79 Å². The number of carbonyl (C=O) groups excluding carboxylic acids is 1. The van der Waals surface area contributed by atoms with Crippen LogP contribution >= 0.6 is 11.6 Å². The molecule has 2 heterocycles. The van der Waals surface area contributed by atoms with Gasteiger partial charge in [-0.3, -0.25) is 4.79 Å². The van der Waals surface area contributed by atoms with Gasteiger partial charge in [0.25, 0.3) is 5.91 Å². The van der Waals surface area contributed by atoms with Gasteiger partial charge < -0.3 is 16.0 Å². The molecule has 0 aliphatic heterocycles. The third-order valence-electron chi connectivity index (χ3n) is 2.73. The Morgan fingerprint density at radius 3 is 2.90 bits per heavy atom. The first-order chi connectivity index (χ1) is 9.65. The van der Waals surface area contributed by atoms with Gasteiger partial charge in [0.2, 0.25) is 5.95 Å². The smallest absolute Gasteiger partial charge is 0.270 e. The average molecular weight is 289 g/mol. The van der Waals surface area contributed by atoms with Crippen molar-refractivity contribution in [3.63, 3.8) is 0 Å². The van der Waals surface area contributed by atoms with Crippen LogP contribution in [-0.4, -0.2) is 26.1 Å². The van der Waals surface area contributed by atoms with Gasteiger partial charge >= 0.3 is 0 Å². The minimum Gasteiger partial charge on any atom is -0.364 e. The lowest BCUT2D eigenvalue weighted by atomic mass is 10.2. The van der Waals surface area contributed by atoms with Crippen LogP contribution in [0.2, 0.25) is 5.02 Å². The van der Waals surface area contributed by atoms with Crippen molar-refractivity contribution in [2.75, 3.05) is 5.32 Å². The van der Waals surface area contributed by atoms with Crippen molar-refractivity contribution in [2.24, 2.45) is 5.73 Å². The summed E-state index contributed by atoms with van der Waals surface area (Å²) in [4.78, 5) is 17.9. The zero-order valence-corrected chi connectivity index (χ0v) is 10.8. The van der Waals surface area contributed by atoms with E-state index in [0.717, 1.165) is 16.6 Å². The third-order valence-corrected chi connectivity index (χ3v) is 3.04. The molecule has 0 spiro atoms. The molecular weight excluding hydrogens is 280 g/mol. The number of benzene rings is 1. The standard InChI is InChI=1S/C12H9ClN6O/c13-7-4-15-10-6(7)2-1-3-8(10)17-12-16-5-9(11(14)20)18-19-12/h1-5,15H,(H2,14,20)(H,16,17,19). The molecule has 0 unspecified atom stereocenters. The number of fused-ring (bicyclic) bond motifs is 1. The van der Waals surface area contributed by atoms with Gasteiger partial charge in [-0.15, -0.1) is 10.2 Å². The van der Waals surface area contributed by atoms with Gasteiger partial charge in [-0.2, -0.15) is 0 Å². The Morgan fingerprint density at radius 2 is 2.20 bits per heavy atom. The first kappa shape index (κ1) is 12.4. The number of hydrogen-bond acceptors (Lipinski definition) is 5. The number of H-pyrrole nitrogens is 1. The molecule has 100 valence electrons. The van der Waals surface area contributed by atoms with Gasteiger partial charge in [-0.1, -0.05) is 23.7 Å². The lowest BCUT2D eigenvalue weighted by Gasteiger charge is -2.05. The van der Waals surface area contributed by atoms with Gasteiger partial charge in [0.15, 0.2) is 5.69 Å². The van der Waals surface area contributed by atoms with Crippen molar-refractivity contribution in [2.45, 2.75) is 0 Å². The van der Waals surface area contributed by atoms with Gasteiger partial charge in [0.05, 0.1) is 22.4 Å². The van der Waals surface area contributed by atoms with E-state index in [9.17, 15) is 4.79 Å². The van der Waals surface area contributed by atoms with Crippen LogP contribution < -0.4 is 11.1 Å². The van der Waals surface area contributed by atoms with E-state index in [1.807, 2.05) is 18.2 Å². The molecule has 8 heteroatoms. The summed E-state index contributed by atoms with van der Waals surface area (Å²) in [6.45, 7) is 0. The molecule has 0 bridgehead atoms. The van der Waals surface area contributed by atoms with E-state index in [4.69, 9.17) is 17.3 Å². The number of nitrogens with zero attached hydrogens (tertiary/aromatic N) is 3. The summed E-state index contributed by atoms with van der Waals surface area (Å²) in [5, 5.41) is 12.0. The summed E-state index contributed by atoms with van der Waals surface area (Å²) in [6.07, 6.45) is 2.96. The minimum absolute atomic E-state index is 0.0108. The molecule has 0 saturated heterocycles. The molecular formula is C12H9ClN6O. The topological polar surface area (TPSA) is 110 Å². The van der Waals surface area contributed by atoms with Crippen LogP contribution in [0.15, 0.2) is 30.6 Å². The number of anilines is 2. The van der Waals surface area contributed by atoms with Crippen molar-refractivity contribution >= 4 is 40.0 Å². The Labute approximate surface area is 118 Å². The molecule has 3 aromatic rings. The average Bonchev–Trinajstić information content (AvgIpc) is 2.82. The highest BCUT2D eigenvalue weighted by Crippen LogP contribution is 2.29. The van der Waals surface area contributed by atoms with Crippen LogP contribution in [-0.2, 0) is 0 Å². The van der Waals surface area contributed by atoms with Crippen LogP contribution in [0.5, 0.6) is 0 Å². The summed E-state index contributed by atoms with van der Waals surface area (Å²) in [5.41, 5.74) is 6.67. The first-order valence-electron chi connectivity index (χ1n) is 5.67. The van der Waals surface area contributed by atoms with E-state index in [0.29, 0.717) is 5.02 Å². The number of nitrogens with two attached hydrogens (primary N) is 1. The number of para-hydroxylation sites is 1. The van der Waals surface area contributed by atoms with Crippen molar-refractivity contribution in [3.05, 3.63) is 41.3 Å². The Bertz CT molecular complexity index is 782. The molecule has 20 heavy (non-hydrogen) atoms. The summed E-state index contributed by atoms with van der Waals surface area (Å²) in [5.74, 6) is -0.414. The van der Waals surface area contributed by atoms with Crippen LogP contribution in [0.1, 0.15) is 10.5 Å². The Morgan fingerprint density at radius 1 is 1.35 bits per heavy atom. The van der Waals surface area contributed by atoms with E-state index >= 15 is 0 Å². The normalized spacial score (nSPS) is 10.7. The zero-order valence-electron chi connectivity index (χ0n) is 10.1. The SMILES string of the molecule is NC(=O)c1cnc(Nc2cccc3c(Cl)c[nH]c23)nn1. The van der Waals surface area contributed by atoms with Crippen molar-refractivity contribution in [1.29, 1.82) is 0 Å². The molecule has 0 fully saturated rings. The van der Waals surface area contributed by atoms with E-state index in [-0.39, 0.29) is 11.6 Å². The van der Waals surface area contributed by atoms with E-state index < -0.39 is 5.91 Å². The second-order valence-corrected chi connectivity index (χ2v) is 4.43. The monoisotopic (exact) mass is 288 g/mol. The second-order valence-electron chi connectivity index (χ2n) is 4.02. The molecule has 0 aliphatic rings. The lowest BCUT2D eigenvalue weighted by Crippen LogP contribution is -2.14. The number of aromatic nitrogens is 4. The van der Waals surface area contributed by atoms with Gasteiger partial charge in [0, 0.05) is 11.6 Å². The fourth-order valence-corrected chi connectivity index (χ4v) is 2.00. The summed E-state index contributed by atoms with van der Waals surface area (Å²) >= 11 is 6.05. The Hall–Kier alpha value is -2.67. The van der Waals surface area contributed by atoms with Gasteiger partial charge in [-0.25, -0.2) is 4.98 Å². The fourth-order valence-electron chi connectivity index (χ4n) is 1.79. The van der Waals surface area contributed by atoms with Crippen LogP contribution in [0.25, 0.3) is 10.9 Å². The highest BCUT2D eigenvalue weighted by Gasteiger charge is 2.08. The largest absolute Gasteiger partial charge is 0.364 e. The number of aromatic amines is 1. The third kappa shape index (κ3) is 2.14. The highest BCUT2D eigenvalue weighted by molar-refractivity contribution is 6.35. The molecule has 2 aromatic heterocycles. The number of carbonyl (C=O) groups is 1. The van der Waals surface area contributed by atoms with Crippen molar-refractivity contribution in [1.82, 2.24) is 20.2 Å². The number of amides is 1. The molecule has 7 nitrogen and oxygen atoms in total. The van der Waals surface area contributed by atoms with Crippen LogP contribution in [0, 0.1) is 0 Å². The Balaban J connectivity index is 1.95. The summed E-state index contributed by atoms with van der Waals surface area (Å²) < 4.78 is 0. The van der Waals surface area contributed by atoms with Crippen LogP contribution in [0.4, 0.5) is 11.6 Å². The van der Waals surface area contributed by atoms with E-state index in [1.54, 1.807) is 6.20 Å². The zero-order chi connectivity index (χ0) is 14.1. The quantitative estimate of drug-likeness (QED) is 0.681. The molecule has 0 radical (unpaired) electrons. The maximum absolute atomic E-state index is 10.9. The molecule has 0 atom stereocenters. The van der Waals surface area contributed by atoms with E-state index in [2.05, 4.69) is 25.5 Å². The predicted molar refractivity (Wildman–Crippen MR) is 74.9 cm³/mol. The summed E-state index contributed by atoms with van der Waals surface area (Å²) in [7, 11) is 0. The summed E-state index contributed by atoms with van der Waals surface area (Å²) in [6, 6.07) is 5.60. The molecule has 1 aromatic carbocycles. The molecule has 0 aliphatic carbocycles. The number of halogens is 1. The molecule has 4 N–H and O–H groups in total. The lowest BCUT2D eigenvalue weighted by molar-refractivity contribution is 0.0994. The molecule has 1 amide bonds. The van der Waals surface area contributed by atoms with E-state index in [1.165, 1.54) is 6.20 Å². The van der Waals surface area contributed by atoms with Gasteiger partial charge in [0.1, 0.15) is 0 Å². The minimum atomic E-state index is -0.671. The second kappa shape index (κ2) is 4.78. The van der Waals surface area contributed by atoms with Crippen molar-refractivity contribution in [3.8, 4) is 0 Å². The van der Waals surface area contributed by atoms with Gasteiger partial charge in [-0.05, 0) is 6.07 Å². The maximum atomic E-state index is 10.9.